The second-order valence-electron chi connectivity index (χ2n) is 7.90. The highest BCUT2D eigenvalue weighted by atomic mass is 32.2. The van der Waals surface area contributed by atoms with Crippen LogP contribution in [0.25, 0.3) is 0 Å². The number of amides is 1. The molecular weight excluding hydrogens is 464 g/mol. The molecule has 0 aromatic heterocycles. The molecule has 0 bridgehead atoms. The van der Waals surface area contributed by atoms with Crippen molar-refractivity contribution in [2.75, 3.05) is 26.9 Å². The van der Waals surface area contributed by atoms with Crippen molar-refractivity contribution in [3.8, 4) is 5.75 Å². The molecule has 1 aliphatic rings. The molecule has 2 aromatic carbocycles. The van der Waals surface area contributed by atoms with Gasteiger partial charge in [-0.15, -0.1) is 0 Å². The Kier molecular flexibility index (Phi) is 9.25. The van der Waals surface area contributed by atoms with Crippen LogP contribution in [0.15, 0.2) is 59.5 Å². The molecule has 1 heterocycles. The first kappa shape index (κ1) is 25.9. The molecule has 0 aliphatic carbocycles. The van der Waals surface area contributed by atoms with E-state index in [2.05, 4.69) is 5.32 Å². The summed E-state index contributed by atoms with van der Waals surface area (Å²) in [4.78, 5) is 17.2. The number of sulfonamides is 1. The van der Waals surface area contributed by atoms with Crippen molar-refractivity contribution in [2.24, 2.45) is 0 Å². The molecule has 3 rings (SSSR count). The largest absolute Gasteiger partial charge is 0.497 e. The van der Waals surface area contributed by atoms with Crippen molar-refractivity contribution in [3.05, 3.63) is 60.2 Å². The van der Waals surface area contributed by atoms with E-state index in [1.165, 1.54) is 31.4 Å². The lowest BCUT2D eigenvalue weighted by Crippen LogP contribution is -2.51. The molecule has 34 heavy (non-hydrogen) atoms. The molecule has 0 unspecified atom stereocenters. The topological polar surface area (TPSA) is 135 Å². The van der Waals surface area contributed by atoms with Gasteiger partial charge >= 0.3 is 6.09 Å². The number of rotatable bonds is 11. The number of aliphatic hydroxyl groups excluding tert-OH is 1. The number of hydrogen-bond acceptors (Lipinski definition) is 7. The van der Waals surface area contributed by atoms with Gasteiger partial charge < -0.3 is 25.0 Å². The minimum absolute atomic E-state index is 0.0432. The number of nitrogens with one attached hydrogen (secondary N) is 1. The fraction of sp³-hybridized carbons (Fsp3) is 0.435. The predicted octanol–water partition coefficient (Wildman–Crippen LogP) is 2.04. The average Bonchev–Trinajstić information content (AvgIpc) is 2.84. The Hall–Kier alpha value is -2.70. The molecule has 1 aliphatic heterocycles. The van der Waals surface area contributed by atoms with Crippen LogP contribution in [0, 0.1) is 0 Å². The van der Waals surface area contributed by atoms with Crippen LogP contribution in [0.4, 0.5) is 4.79 Å². The van der Waals surface area contributed by atoms with E-state index in [0.717, 1.165) is 10.0 Å². The quantitative estimate of drug-likeness (QED) is 0.404. The zero-order chi connectivity index (χ0) is 24.6. The summed E-state index contributed by atoms with van der Waals surface area (Å²) in [5, 5.41) is 22.5. The lowest BCUT2D eigenvalue weighted by atomic mass is 10.0. The molecule has 11 heteroatoms. The first-order valence-corrected chi connectivity index (χ1v) is 12.4. The maximum absolute atomic E-state index is 13.4. The van der Waals surface area contributed by atoms with Gasteiger partial charge in [0.25, 0.3) is 10.0 Å². The number of benzene rings is 2. The van der Waals surface area contributed by atoms with E-state index in [-0.39, 0.29) is 11.3 Å². The molecule has 1 amide bonds. The Balaban J connectivity index is 1.85. The summed E-state index contributed by atoms with van der Waals surface area (Å²) in [6.45, 7) is 0.394. The third-order valence-electron chi connectivity index (χ3n) is 5.47. The molecule has 0 spiro atoms. The number of methoxy groups -OCH3 is 1. The van der Waals surface area contributed by atoms with E-state index in [9.17, 15) is 23.4 Å². The number of carbonyl (C=O) groups is 1. The zero-order valence-electron chi connectivity index (χ0n) is 18.9. The fourth-order valence-electron chi connectivity index (χ4n) is 3.60. The Morgan fingerprint density at radius 3 is 2.38 bits per heavy atom. The van der Waals surface area contributed by atoms with Crippen molar-refractivity contribution in [1.82, 2.24) is 9.79 Å². The number of ether oxygens (including phenoxy) is 2. The minimum atomic E-state index is -4.18. The predicted molar refractivity (Wildman–Crippen MR) is 123 cm³/mol. The van der Waals surface area contributed by atoms with E-state index < -0.39 is 40.9 Å². The Morgan fingerprint density at radius 2 is 1.79 bits per heavy atom. The molecular formula is C23H30N2O8S. The number of carboxylic acid groups (broad SMARTS) is 1. The molecule has 0 radical (unpaired) electrons. The highest BCUT2D eigenvalue weighted by Gasteiger charge is 2.34. The van der Waals surface area contributed by atoms with Gasteiger partial charge in [0.2, 0.25) is 0 Å². The van der Waals surface area contributed by atoms with Gasteiger partial charge in [0.05, 0.1) is 36.8 Å². The van der Waals surface area contributed by atoms with E-state index >= 15 is 0 Å². The van der Waals surface area contributed by atoms with Crippen LogP contribution in [0.3, 0.4) is 0 Å². The molecule has 2 atom stereocenters. The van der Waals surface area contributed by atoms with Gasteiger partial charge in [0, 0.05) is 13.2 Å². The molecule has 10 nitrogen and oxygen atoms in total. The fourth-order valence-corrected chi connectivity index (χ4v) is 4.90. The Labute approximate surface area is 199 Å². The molecule has 3 N–H and O–H groups in total. The van der Waals surface area contributed by atoms with Crippen LogP contribution in [-0.2, 0) is 26.0 Å². The standard InChI is InChI=1S/C23H30N2O8S/c1-31-18-7-9-20(10-8-18)34(29,30)25(33-19-11-13-32-14-12-19)16-22(26)21(24-23(27)28)15-17-5-3-2-4-6-17/h2-10,19,21-22,24,26H,11-16H2,1H3,(H,27,28)/t21-,22+/m0/s1. The van der Waals surface area contributed by atoms with Crippen LogP contribution in [0.1, 0.15) is 18.4 Å². The lowest BCUT2D eigenvalue weighted by molar-refractivity contribution is -0.170. The summed E-state index contributed by atoms with van der Waals surface area (Å²) >= 11 is 0. The molecule has 1 fully saturated rings. The monoisotopic (exact) mass is 494 g/mol. The zero-order valence-corrected chi connectivity index (χ0v) is 19.7. The third kappa shape index (κ3) is 7.15. The Morgan fingerprint density at radius 1 is 1.15 bits per heavy atom. The highest BCUT2D eigenvalue weighted by Crippen LogP contribution is 2.23. The summed E-state index contributed by atoms with van der Waals surface area (Å²) < 4.78 is 38.0. The maximum Gasteiger partial charge on any atom is 0.404 e. The number of aliphatic hydroxyl groups is 1. The van der Waals surface area contributed by atoms with Crippen LogP contribution in [-0.4, -0.2) is 74.3 Å². The molecule has 1 saturated heterocycles. The van der Waals surface area contributed by atoms with Gasteiger partial charge in [-0.3, -0.25) is 4.84 Å². The van der Waals surface area contributed by atoms with Crippen LogP contribution in [0.5, 0.6) is 5.75 Å². The number of hydroxylamine groups is 1. The minimum Gasteiger partial charge on any atom is -0.497 e. The summed E-state index contributed by atoms with van der Waals surface area (Å²) in [7, 11) is -2.70. The van der Waals surface area contributed by atoms with Gasteiger partial charge in [-0.25, -0.2) is 13.2 Å². The van der Waals surface area contributed by atoms with Crippen LogP contribution in [0.2, 0.25) is 0 Å². The number of nitrogens with zero attached hydrogens (tertiary/aromatic N) is 1. The van der Waals surface area contributed by atoms with E-state index in [1.54, 1.807) is 24.3 Å². The van der Waals surface area contributed by atoms with E-state index in [1.807, 2.05) is 6.07 Å². The Bertz CT molecular complexity index is 1010. The SMILES string of the molecule is COc1ccc(S(=O)(=O)N(C[C@@H](O)[C@H](Cc2ccccc2)NC(=O)O)OC2CCOCC2)cc1. The highest BCUT2D eigenvalue weighted by molar-refractivity contribution is 7.89. The first-order chi connectivity index (χ1) is 16.3. The van der Waals surface area contributed by atoms with Gasteiger partial charge in [0.15, 0.2) is 0 Å². The van der Waals surface area contributed by atoms with Crippen molar-refractivity contribution >= 4 is 16.1 Å². The molecule has 2 aromatic rings. The van der Waals surface area contributed by atoms with Crippen LogP contribution < -0.4 is 10.1 Å². The molecule has 186 valence electrons. The summed E-state index contributed by atoms with van der Waals surface area (Å²) in [6, 6.07) is 13.9. The average molecular weight is 495 g/mol. The number of hydrogen-bond donors (Lipinski definition) is 3. The normalized spacial score (nSPS) is 16.7. The second-order valence-corrected chi connectivity index (χ2v) is 9.72. The van der Waals surface area contributed by atoms with Gasteiger partial charge in [-0.1, -0.05) is 34.8 Å². The van der Waals surface area contributed by atoms with Crippen molar-refractivity contribution in [3.63, 3.8) is 0 Å². The van der Waals surface area contributed by atoms with Crippen LogP contribution >= 0.6 is 0 Å². The van der Waals surface area contributed by atoms with Crippen molar-refractivity contribution in [2.45, 2.75) is 42.4 Å². The lowest BCUT2D eigenvalue weighted by Gasteiger charge is -2.32. The summed E-state index contributed by atoms with van der Waals surface area (Å²) in [6.07, 6.45) is -1.98. The van der Waals surface area contributed by atoms with Gasteiger partial charge in [-0.05, 0) is 49.1 Å². The first-order valence-electron chi connectivity index (χ1n) is 10.9. The van der Waals surface area contributed by atoms with Crippen molar-refractivity contribution in [1.29, 1.82) is 0 Å². The van der Waals surface area contributed by atoms with Crippen molar-refractivity contribution < 1.29 is 37.7 Å². The second kappa shape index (κ2) is 12.1. The summed E-state index contributed by atoms with van der Waals surface area (Å²) in [5.41, 5.74) is 0.787. The van der Waals surface area contributed by atoms with Gasteiger partial charge in [-0.2, -0.15) is 0 Å². The summed E-state index contributed by atoms with van der Waals surface area (Å²) in [5.74, 6) is 0.490. The maximum atomic E-state index is 13.4. The van der Waals surface area contributed by atoms with E-state index in [4.69, 9.17) is 14.3 Å². The third-order valence-corrected chi connectivity index (χ3v) is 7.11. The van der Waals surface area contributed by atoms with Gasteiger partial charge in [0.1, 0.15) is 5.75 Å². The molecule has 0 saturated carbocycles. The van der Waals surface area contributed by atoms with E-state index in [0.29, 0.717) is 31.8 Å². The smallest absolute Gasteiger partial charge is 0.404 e.